The molecule has 32 heavy (non-hydrogen) atoms. The number of hydrogen-bond donors (Lipinski definition) is 1. The Balaban J connectivity index is 1.86. The molecule has 164 valence electrons. The van der Waals surface area contributed by atoms with E-state index in [9.17, 15) is 9.59 Å². The summed E-state index contributed by atoms with van der Waals surface area (Å²) in [6.45, 7) is 4.30. The molecular weight excluding hydrogens is 404 g/mol. The van der Waals surface area contributed by atoms with E-state index in [1.54, 1.807) is 25.3 Å². The van der Waals surface area contributed by atoms with Crippen LogP contribution in [-0.2, 0) is 9.59 Å². The molecule has 6 heteroatoms. The van der Waals surface area contributed by atoms with Gasteiger partial charge in [-0.2, -0.15) is 0 Å². The Morgan fingerprint density at radius 1 is 0.875 bits per heavy atom. The van der Waals surface area contributed by atoms with Crippen LogP contribution in [0.5, 0.6) is 11.5 Å². The van der Waals surface area contributed by atoms with Crippen molar-refractivity contribution < 1.29 is 19.1 Å². The largest absolute Gasteiger partial charge is 0.493 e. The first-order valence-electron chi connectivity index (χ1n) is 10.5. The van der Waals surface area contributed by atoms with Gasteiger partial charge in [0.05, 0.1) is 19.8 Å². The summed E-state index contributed by atoms with van der Waals surface area (Å²) in [7, 11) is 3.09. The van der Waals surface area contributed by atoms with E-state index in [2.05, 4.69) is 5.32 Å². The number of hydrogen-bond acceptors (Lipinski definition) is 5. The van der Waals surface area contributed by atoms with E-state index < -0.39 is 0 Å². The molecule has 0 unspecified atom stereocenters. The van der Waals surface area contributed by atoms with Gasteiger partial charge in [-0.1, -0.05) is 56.3 Å². The minimum atomic E-state index is -0.332. The number of carbonyl (C=O) groups is 2. The fourth-order valence-corrected chi connectivity index (χ4v) is 3.95. The van der Waals surface area contributed by atoms with Crippen LogP contribution in [-0.4, -0.2) is 37.5 Å². The van der Waals surface area contributed by atoms with Crippen LogP contribution in [0.4, 0.5) is 5.69 Å². The number of rotatable bonds is 7. The van der Waals surface area contributed by atoms with Gasteiger partial charge in [0.1, 0.15) is 5.70 Å². The number of nitrogens with one attached hydrogen (secondary N) is 1. The molecule has 1 N–H and O–H groups in total. The summed E-state index contributed by atoms with van der Waals surface area (Å²) >= 11 is 0. The first-order valence-corrected chi connectivity index (χ1v) is 10.5. The van der Waals surface area contributed by atoms with Gasteiger partial charge in [0.2, 0.25) is 0 Å². The summed E-state index contributed by atoms with van der Waals surface area (Å²) < 4.78 is 10.8. The Labute approximate surface area is 187 Å². The number of methoxy groups -OCH3 is 2. The van der Waals surface area contributed by atoms with Crippen molar-refractivity contribution in [3.8, 4) is 11.5 Å². The number of benzene rings is 3. The van der Waals surface area contributed by atoms with E-state index >= 15 is 0 Å². The number of nitrogens with zero attached hydrogens (tertiary/aromatic N) is 1. The van der Waals surface area contributed by atoms with Gasteiger partial charge in [0.15, 0.2) is 11.5 Å². The molecule has 6 nitrogen and oxygen atoms in total. The molecule has 1 heterocycles. The molecule has 0 aromatic heterocycles. The van der Waals surface area contributed by atoms with Crippen LogP contribution in [0.2, 0.25) is 0 Å². The predicted molar refractivity (Wildman–Crippen MR) is 126 cm³/mol. The average Bonchev–Trinajstić information content (AvgIpc) is 3.02. The molecule has 0 aliphatic carbocycles. The van der Waals surface area contributed by atoms with Crippen molar-refractivity contribution in [3.05, 3.63) is 71.9 Å². The normalized spacial score (nSPS) is 14.0. The summed E-state index contributed by atoms with van der Waals surface area (Å²) in [6.07, 6.45) is 0. The van der Waals surface area contributed by atoms with Crippen LogP contribution < -0.4 is 14.8 Å². The maximum absolute atomic E-state index is 13.4. The van der Waals surface area contributed by atoms with Crippen molar-refractivity contribution in [1.29, 1.82) is 0 Å². The third kappa shape index (κ3) is 3.80. The van der Waals surface area contributed by atoms with Crippen LogP contribution >= 0.6 is 0 Å². The van der Waals surface area contributed by atoms with E-state index in [0.717, 1.165) is 16.5 Å². The Morgan fingerprint density at radius 2 is 1.59 bits per heavy atom. The third-order valence-electron chi connectivity index (χ3n) is 5.44. The van der Waals surface area contributed by atoms with E-state index in [1.807, 2.05) is 56.3 Å². The molecule has 3 aromatic rings. The molecule has 0 fully saturated rings. The van der Waals surface area contributed by atoms with Gasteiger partial charge in [-0.05, 0) is 35.1 Å². The number of fused-ring (bicyclic) bond motifs is 1. The second kappa shape index (κ2) is 8.75. The molecule has 0 radical (unpaired) electrons. The van der Waals surface area contributed by atoms with Crippen molar-refractivity contribution >= 4 is 33.8 Å². The first-order chi connectivity index (χ1) is 15.4. The summed E-state index contributed by atoms with van der Waals surface area (Å²) in [6, 6.07) is 19.0. The first kappa shape index (κ1) is 21.4. The van der Waals surface area contributed by atoms with Crippen molar-refractivity contribution in [2.75, 3.05) is 26.1 Å². The van der Waals surface area contributed by atoms with Crippen molar-refractivity contribution in [2.24, 2.45) is 5.92 Å². The lowest BCUT2D eigenvalue weighted by molar-refractivity contribution is -0.137. The number of imide groups is 1. The number of amides is 2. The Hall–Kier alpha value is -3.80. The van der Waals surface area contributed by atoms with E-state index in [0.29, 0.717) is 29.2 Å². The maximum atomic E-state index is 13.4. The molecule has 1 aliphatic heterocycles. The second-order valence-electron chi connectivity index (χ2n) is 8.09. The second-order valence-corrected chi connectivity index (χ2v) is 8.09. The van der Waals surface area contributed by atoms with Gasteiger partial charge >= 0.3 is 0 Å². The molecule has 0 saturated carbocycles. The summed E-state index contributed by atoms with van der Waals surface area (Å²) in [5.41, 5.74) is 1.95. The van der Waals surface area contributed by atoms with Crippen molar-refractivity contribution in [1.82, 2.24) is 4.90 Å². The Morgan fingerprint density at radius 3 is 2.31 bits per heavy atom. The minimum absolute atomic E-state index is 0.145. The van der Waals surface area contributed by atoms with Gasteiger partial charge < -0.3 is 14.8 Å². The lowest BCUT2D eigenvalue weighted by atomic mass is 10.0. The zero-order chi connectivity index (χ0) is 22.8. The quantitative estimate of drug-likeness (QED) is 0.550. The highest BCUT2D eigenvalue weighted by Crippen LogP contribution is 2.36. The zero-order valence-electron chi connectivity index (χ0n) is 18.6. The average molecular weight is 431 g/mol. The fraction of sp³-hybridized carbons (Fsp3) is 0.231. The fourth-order valence-electron chi connectivity index (χ4n) is 3.95. The van der Waals surface area contributed by atoms with Gasteiger partial charge in [-0.3, -0.25) is 14.5 Å². The lowest BCUT2D eigenvalue weighted by Crippen LogP contribution is -2.35. The van der Waals surface area contributed by atoms with E-state index in [4.69, 9.17) is 9.47 Å². The lowest BCUT2D eigenvalue weighted by Gasteiger charge is -2.17. The standard InChI is InChI=1S/C26H26N2O4/c1-16(2)15-28-25(29)23(18-12-13-21(31-3)22(14-18)32-4)24(26(28)30)27-20-11-7-9-17-8-5-6-10-19(17)20/h5-14,16,27H,15H2,1-4H3. The molecule has 4 rings (SSSR count). The number of carbonyl (C=O) groups excluding carboxylic acids is 2. The third-order valence-corrected chi connectivity index (χ3v) is 5.44. The van der Waals surface area contributed by atoms with Gasteiger partial charge in [0.25, 0.3) is 11.8 Å². The molecule has 3 aromatic carbocycles. The highest BCUT2D eigenvalue weighted by Gasteiger charge is 2.39. The number of ether oxygens (including phenoxy) is 2. The van der Waals surface area contributed by atoms with Crippen LogP contribution in [0, 0.1) is 5.92 Å². The van der Waals surface area contributed by atoms with Gasteiger partial charge in [0, 0.05) is 17.6 Å². The summed E-state index contributed by atoms with van der Waals surface area (Å²) in [5, 5.41) is 5.29. The van der Waals surface area contributed by atoms with Gasteiger partial charge in [-0.25, -0.2) is 0 Å². The molecule has 0 saturated heterocycles. The maximum Gasteiger partial charge on any atom is 0.278 e. The van der Waals surface area contributed by atoms with Crippen molar-refractivity contribution in [2.45, 2.75) is 13.8 Å². The highest BCUT2D eigenvalue weighted by atomic mass is 16.5. The smallest absolute Gasteiger partial charge is 0.278 e. The zero-order valence-corrected chi connectivity index (χ0v) is 18.6. The van der Waals surface area contributed by atoms with Gasteiger partial charge in [-0.15, -0.1) is 0 Å². The van der Waals surface area contributed by atoms with Crippen LogP contribution in [0.1, 0.15) is 19.4 Å². The topological polar surface area (TPSA) is 67.9 Å². The predicted octanol–water partition coefficient (Wildman–Crippen LogP) is 4.71. The molecule has 2 amide bonds. The molecule has 0 atom stereocenters. The van der Waals surface area contributed by atoms with Crippen LogP contribution in [0.15, 0.2) is 66.4 Å². The number of anilines is 1. The summed E-state index contributed by atoms with van der Waals surface area (Å²) in [4.78, 5) is 28.1. The van der Waals surface area contributed by atoms with E-state index in [1.165, 1.54) is 12.0 Å². The summed E-state index contributed by atoms with van der Waals surface area (Å²) in [5.74, 6) is 0.535. The monoisotopic (exact) mass is 430 g/mol. The minimum Gasteiger partial charge on any atom is -0.493 e. The van der Waals surface area contributed by atoms with E-state index in [-0.39, 0.29) is 23.4 Å². The molecule has 0 spiro atoms. The molecular formula is C26H26N2O4. The Bertz CT molecular complexity index is 1220. The Kier molecular flexibility index (Phi) is 5.86. The molecule has 1 aliphatic rings. The molecule has 0 bridgehead atoms. The SMILES string of the molecule is COc1ccc(C2=C(Nc3cccc4ccccc34)C(=O)N(CC(C)C)C2=O)cc1OC. The van der Waals surface area contributed by atoms with Crippen LogP contribution in [0.3, 0.4) is 0 Å². The highest BCUT2D eigenvalue weighted by molar-refractivity contribution is 6.36. The van der Waals surface area contributed by atoms with Crippen molar-refractivity contribution in [3.63, 3.8) is 0 Å². The van der Waals surface area contributed by atoms with Crippen LogP contribution in [0.25, 0.3) is 16.3 Å².